The van der Waals surface area contributed by atoms with E-state index in [0.29, 0.717) is 13.0 Å². The molecule has 1 atom stereocenters. The minimum absolute atomic E-state index is 0.194. The monoisotopic (exact) mass is 290 g/mol. The lowest BCUT2D eigenvalue weighted by Gasteiger charge is -2.22. The first-order valence-corrected chi connectivity index (χ1v) is 6.99. The molecule has 0 aliphatic rings. The number of hydrogen-bond donors (Lipinski definition) is 2. The number of amides is 1. The van der Waals surface area contributed by atoms with Crippen LogP contribution in [0.15, 0.2) is 30.6 Å². The van der Waals surface area contributed by atoms with E-state index in [-0.39, 0.29) is 6.04 Å². The second-order valence-electron chi connectivity index (χ2n) is 5.96. The number of nitrogens with two attached hydrogens (primary N) is 1. The van der Waals surface area contributed by atoms with Crippen molar-refractivity contribution in [2.24, 2.45) is 5.73 Å². The maximum absolute atomic E-state index is 11.8. The first-order valence-electron chi connectivity index (χ1n) is 6.99. The molecule has 21 heavy (non-hydrogen) atoms. The maximum Gasteiger partial charge on any atom is 0.407 e. The maximum atomic E-state index is 11.8. The number of carbonyl (C=O) groups is 1. The van der Waals surface area contributed by atoms with Crippen LogP contribution in [-0.2, 0) is 11.2 Å². The minimum Gasteiger partial charge on any atom is -0.444 e. The SMILES string of the molecule is CC(C)(C)OC(=O)NC(CN)Cc1cnc2ccccn12. The molecule has 0 aliphatic carbocycles. The van der Waals surface area contributed by atoms with Crippen LogP contribution in [0.4, 0.5) is 4.79 Å². The highest BCUT2D eigenvalue weighted by Crippen LogP contribution is 2.10. The molecule has 0 aromatic carbocycles. The molecule has 2 rings (SSSR count). The fourth-order valence-electron chi connectivity index (χ4n) is 2.06. The van der Waals surface area contributed by atoms with E-state index in [0.717, 1.165) is 11.3 Å². The van der Waals surface area contributed by atoms with E-state index in [1.807, 2.05) is 49.6 Å². The molecule has 6 heteroatoms. The molecule has 0 bridgehead atoms. The number of ether oxygens (including phenoxy) is 1. The van der Waals surface area contributed by atoms with Crippen LogP contribution in [0, 0.1) is 0 Å². The van der Waals surface area contributed by atoms with Crippen LogP contribution in [-0.4, -0.2) is 33.7 Å². The molecule has 1 unspecified atom stereocenters. The van der Waals surface area contributed by atoms with Gasteiger partial charge < -0.3 is 20.2 Å². The Hall–Kier alpha value is -2.08. The van der Waals surface area contributed by atoms with Crippen molar-refractivity contribution in [3.63, 3.8) is 0 Å². The lowest BCUT2D eigenvalue weighted by molar-refractivity contribution is 0.0505. The summed E-state index contributed by atoms with van der Waals surface area (Å²) < 4.78 is 7.23. The van der Waals surface area contributed by atoms with Gasteiger partial charge in [-0.2, -0.15) is 0 Å². The molecule has 0 aliphatic heterocycles. The van der Waals surface area contributed by atoms with Crippen LogP contribution in [0.1, 0.15) is 26.5 Å². The predicted octanol–water partition coefficient (Wildman–Crippen LogP) is 1.73. The number of fused-ring (bicyclic) bond motifs is 1. The third-order valence-electron chi connectivity index (χ3n) is 2.95. The molecule has 1 amide bonds. The average molecular weight is 290 g/mol. The topological polar surface area (TPSA) is 81.6 Å². The standard InChI is InChI=1S/C15H22N4O2/c1-15(2,3)21-14(20)18-11(9-16)8-12-10-17-13-6-4-5-7-19(12)13/h4-7,10-11H,8-9,16H2,1-3H3,(H,18,20). The highest BCUT2D eigenvalue weighted by atomic mass is 16.6. The molecule has 2 heterocycles. The van der Waals surface area contributed by atoms with Crippen LogP contribution in [0.5, 0.6) is 0 Å². The fourth-order valence-corrected chi connectivity index (χ4v) is 2.06. The number of nitrogens with one attached hydrogen (secondary N) is 1. The van der Waals surface area contributed by atoms with Crippen LogP contribution in [0.2, 0.25) is 0 Å². The van der Waals surface area contributed by atoms with Crippen LogP contribution >= 0.6 is 0 Å². The first-order chi connectivity index (χ1) is 9.89. The van der Waals surface area contributed by atoms with Crippen LogP contribution < -0.4 is 11.1 Å². The largest absolute Gasteiger partial charge is 0.444 e. The van der Waals surface area contributed by atoms with Gasteiger partial charge in [0.25, 0.3) is 0 Å². The van der Waals surface area contributed by atoms with E-state index in [9.17, 15) is 4.79 Å². The summed E-state index contributed by atoms with van der Waals surface area (Å²) in [6.45, 7) is 5.82. The molecule has 2 aromatic heterocycles. The third kappa shape index (κ3) is 4.19. The van der Waals surface area contributed by atoms with Gasteiger partial charge in [0.1, 0.15) is 11.2 Å². The van der Waals surface area contributed by atoms with Gasteiger partial charge in [0.15, 0.2) is 0 Å². The molecule has 2 aromatic rings. The molecule has 0 radical (unpaired) electrons. The Balaban J connectivity index is 2.04. The third-order valence-corrected chi connectivity index (χ3v) is 2.95. The Bertz CT molecular complexity index is 615. The first kappa shape index (κ1) is 15.3. The summed E-state index contributed by atoms with van der Waals surface area (Å²) in [5.41, 5.74) is 7.10. The number of aromatic nitrogens is 2. The van der Waals surface area contributed by atoms with Gasteiger partial charge in [-0.1, -0.05) is 6.07 Å². The molecule has 6 nitrogen and oxygen atoms in total. The van der Waals surface area contributed by atoms with Crippen molar-refractivity contribution in [2.45, 2.75) is 38.8 Å². The van der Waals surface area contributed by atoms with Gasteiger partial charge in [0.05, 0.1) is 0 Å². The Kier molecular flexibility index (Phi) is 4.47. The van der Waals surface area contributed by atoms with Crippen LogP contribution in [0.25, 0.3) is 5.65 Å². The Labute approximate surface area is 124 Å². The van der Waals surface area contributed by atoms with E-state index in [4.69, 9.17) is 10.5 Å². The van der Waals surface area contributed by atoms with Crippen molar-refractivity contribution < 1.29 is 9.53 Å². The van der Waals surface area contributed by atoms with Crippen molar-refractivity contribution in [1.29, 1.82) is 0 Å². The van der Waals surface area contributed by atoms with E-state index >= 15 is 0 Å². The molecule has 114 valence electrons. The van der Waals surface area contributed by atoms with E-state index < -0.39 is 11.7 Å². The summed E-state index contributed by atoms with van der Waals surface area (Å²) in [6, 6.07) is 5.62. The fraction of sp³-hybridized carbons (Fsp3) is 0.467. The summed E-state index contributed by atoms with van der Waals surface area (Å²) >= 11 is 0. The van der Waals surface area contributed by atoms with Gasteiger partial charge in [-0.3, -0.25) is 0 Å². The van der Waals surface area contributed by atoms with Gasteiger partial charge in [-0.25, -0.2) is 9.78 Å². The number of imidazole rings is 1. The van der Waals surface area contributed by atoms with Gasteiger partial charge in [0, 0.05) is 37.1 Å². The molecule has 0 fully saturated rings. The molecular weight excluding hydrogens is 268 g/mol. The number of nitrogens with zero attached hydrogens (tertiary/aromatic N) is 2. The number of carbonyl (C=O) groups excluding carboxylic acids is 1. The lowest BCUT2D eigenvalue weighted by Crippen LogP contribution is -2.44. The van der Waals surface area contributed by atoms with E-state index in [1.165, 1.54) is 0 Å². The number of rotatable bonds is 4. The zero-order chi connectivity index (χ0) is 15.5. The van der Waals surface area contributed by atoms with Gasteiger partial charge in [0.2, 0.25) is 0 Å². The van der Waals surface area contributed by atoms with Crippen molar-refractivity contribution in [3.05, 3.63) is 36.3 Å². The zero-order valence-corrected chi connectivity index (χ0v) is 12.7. The smallest absolute Gasteiger partial charge is 0.407 e. The molecule has 3 N–H and O–H groups in total. The summed E-state index contributed by atoms with van der Waals surface area (Å²) in [4.78, 5) is 16.1. The highest BCUT2D eigenvalue weighted by molar-refractivity contribution is 5.68. The normalized spacial score (nSPS) is 13.1. The quantitative estimate of drug-likeness (QED) is 0.898. The zero-order valence-electron chi connectivity index (χ0n) is 12.7. The van der Waals surface area contributed by atoms with Crippen LogP contribution in [0.3, 0.4) is 0 Å². The molecule has 0 spiro atoms. The Morgan fingerprint density at radius 1 is 1.48 bits per heavy atom. The molecule has 0 saturated carbocycles. The van der Waals surface area contributed by atoms with E-state index in [2.05, 4.69) is 10.3 Å². The molecular formula is C15H22N4O2. The number of pyridine rings is 1. The minimum atomic E-state index is -0.521. The summed E-state index contributed by atoms with van der Waals surface area (Å²) in [6.07, 6.45) is 3.89. The van der Waals surface area contributed by atoms with Gasteiger partial charge >= 0.3 is 6.09 Å². The Morgan fingerprint density at radius 3 is 2.90 bits per heavy atom. The Morgan fingerprint density at radius 2 is 2.24 bits per heavy atom. The van der Waals surface area contributed by atoms with E-state index in [1.54, 1.807) is 6.20 Å². The van der Waals surface area contributed by atoms with Crippen molar-refractivity contribution in [3.8, 4) is 0 Å². The summed E-state index contributed by atoms with van der Waals surface area (Å²) in [5, 5.41) is 2.80. The second-order valence-corrected chi connectivity index (χ2v) is 5.96. The van der Waals surface area contributed by atoms with Crippen molar-refractivity contribution >= 4 is 11.7 Å². The van der Waals surface area contributed by atoms with Crippen molar-refractivity contribution in [1.82, 2.24) is 14.7 Å². The lowest BCUT2D eigenvalue weighted by atomic mass is 10.1. The second kappa shape index (κ2) is 6.13. The highest BCUT2D eigenvalue weighted by Gasteiger charge is 2.19. The predicted molar refractivity (Wildman–Crippen MR) is 81.1 cm³/mol. The number of alkyl carbamates (subject to hydrolysis) is 1. The molecule has 0 saturated heterocycles. The van der Waals surface area contributed by atoms with Crippen molar-refractivity contribution in [2.75, 3.05) is 6.54 Å². The van der Waals surface area contributed by atoms with Gasteiger partial charge in [-0.05, 0) is 32.9 Å². The summed E-state index contributed by atoms with van der Waals surface area (Å²) in [5.74, 6) is 0. The van der Waals surface area contributed by atoms with Gasteiger partial charge in [-0.15, -0.1) is 0 Å². The average Bonchev–Trinajstić information content (AvgIpc) is 2.79. The number of hydrogen-bond acceptors (Lipinski definition) is 4. The summed E-state index contributed by atoms with van der Waals surface area (Å²) in [7, 11) is 0.